The molecule has 0 aromatic rings. The quantitative estimate of drug-likeness (QED) is 0.519. The van der Waals surface area contributed by atoms with Crippen LogP contribution in [0.15, 0.2) is 23.5 Å². The molecular formula is C14H22OSi. The molecule has 1 nitrogen and oxygen atoms in total. The molecule has 0 aromatic carbocycles. The number of allylic oxidation sites excluding steroid dienone is 4. The van der Waals surface area contributed by atoms with E-state index in [4.69, 9.17) is 4.43 Å². The molecule has 0 unspecified atom stereocenters. The Labute approximate surface area is 99.7 Å². The van der Waals surface area contributed by atoms with E-state index >= 15 is 0 Å². The summed E-state index contributed by atoms with van der Waals surface area (Å²) in [6.07, 6.45) is 7.51. The van der Waals surface area contributed by atoms with Crippen molar-refractivity contribution in [2.75, 3.05) is 0 Å². The number of hydrogen-bond acceptors (Lipinski definition) is 1. The number of fused-ring (bicyclic) bond motifs is 5. The zero-order chi connectivity index (χ0) is 11.5. The molecule has 2 bridgehead atoms. The molecule has 2 heteroatoms. The maximum absolute atomic E-state index is 6.34. The van der Waals surface area contributed by atoms with Crippen LogP contribution in [0.2, 0.25) is 19.6 Å². The van der Waals surface area contributed by atoms with E-state index in [1.807, 2.05) is 0 Å². The first kappa shape index (κ1) is 10.6. The van der Waals surface area contributed by atoms with Crippen LogP contribution in [0.1, 0.15) is 19.8 Å². The number of rotatable bonds is 2. The fourth-order valence-corrected chi connectivity index (χ4v) is 4.86. The van der Waals surface area contributed by atoms with Gasteiger partial charge in [0.15, 0.2) is 0 Å². The Bertz CT molecular complexity index is 375. The van der Waals surface area contributed by atoms with E-state index in [0.29, 0.717) is 0 Å². The van der Waals surface area contributed by atoms with E-state index in [1.165, 1.54) is 18.6 Å². The Morgan fingerprint density at radius 1 is 1.25 bits per heavy atom. The van der Waals surface area contributed by atoms with Crippen LogP contribution in [0.4, 0.5) is 0 Å². The highest BCUT2D eigenvalue weighted by Crippen LogP contribution is 2.59. The van der Waals surface area contributed by atoms with Crippen LogP contribution in [-0.2, 0) is 4.43 Å². The van der Waals surface area contributed by atoms with Gasteiger partial charge in [0.25, 0.3) is 0 Å². The van der Waals surface area contributed by atoms with Gasteiger partial charge in [0, 0.05) is 5.92 Å². The molecule has 3 aliphatic carbocycles. The van der Waals surface area contributed by atoms with Gasteiger partial charge in [0.1, 0.15) is 0 Å². The van der Waals surface area contributed by atoms with Crippen LogP contribution < -0.4 is 0 Å². The first-order valence-electron chi connectivity index (χ1n) is 6.54. The standard InChI is InChI=1S/C14H22OSi/c1-9-12-8-13(11-7-5-6-10(11)12)14(9)15-16(2,3)4/h5-6,10-13H,7-8H2,1-4H3/t10-,11+,12+,13+/m0/s1. The van der Waals surface area contributed by atoms with Crippen molar-refractivity contribution in [1.82, 2.24) is 0 Å². The van der Waals surface area contributed by atoms with Crippen LogP contribution in [0.5, 0.6) is 0 Å². The Morgan fingerprint density at radius 2 is 2.00 bits per heavy atom. The second-order valence-electron chi connectivity index (χ2n) is 6.62. The summed E-state index contributed by atoms with van der Waals surface area (Å²) in [4.78, 5) is 0. The minimum atomic E-state index is -1.42. The molecule has 1 fully saturated rings. The zero-order valence-corrected chi connectivity index (χ0v) is 11.8. The topological polar surface area (TPSA) is 9.23 Å². The molecule has 16 heavy (non-hydrogen) atoms. The molecule has 4 atom stereocenters. The van der Waals surface area contributed by atoms with Gasteiger partial charge in [0.05, 0.1) is 5.76 Å². The lowest BCUT2D eigenvalue weighted by atomic mass is 9.81. The molecule has 88 valence electrons. The van der Waals surface area contributed by atoms with Crippen molar-refractivity contribution < 1.29 is 4.43 Å². The minimum Gasteiger partial charge on any atom is -0.547 e. The lowest BCUT2D eigenvalue weighted by Gasteiger charge is -2.32. The second kappa shape index (κ2) is 3.25. The van der Waals surface area contributed by atoms with Crippen molar-refractivity contribution >= 4 is 8.32 Å². The summed E-state index contributed by atoms with van der Waals surface area (Å²) in [6.45, 7) is 9.19. The third kappa shape index (κ3) is 1.42. The highest BCUT2D eigenvalue weighted by atomic mass is 28.4. The van der Waals surface area contributed by atoms with Crippen molar-refractivity contribution in [3.05, 3.63) is 23.5 Å². The predicted octanol–water partition coefficient (Wildman–Crippen LogP) is 3.95. The van der Waals surface area contributed by atoms with Crippen molar-refractivity contribution in [2.45, 2.75) is 39.4 Å². The molecule has 0 aliphatic heterocycles. The Hall–Kier alpha value is -0.503. The molecule has 0 N–H and O–H groups in total. The summed E-state index contributed by atoms with van der Waals surface area (Å²) in [5, 5.41) is 0. The van der Waals surface area contributed by atoms with E-state index < -0.39 is 8.32 Å². The zero-order valence-electron chi connectivity index (χ0n) is 10.8. The van der Waals surface area contributed by atoms with Crippen molar-refractivity contribution in [2.24, 2.45) is 23.7 Å². The second-order valence-corrected chi connectivity index (χ2v) is 11.0. The van der Waals surface area contributed by atoms with Crippen LogP contribution >= 0.6 is 0 Å². The minimum absolute atomic E-state index is 0.747. The fourth-order valence-electron chi connectivity index (χ4n) is 3.89. The lowest BCUT2D eigenvalue weighted by molar-refractivity contribution is 0.272. The third-order valence-electron chi connectivity index (χ3n) is 4.45. The van der Waals surface area contributed by atoms with Gasteiger partial charge in [-0.1, -0.05) is 12.2 Å². The molecule has 0 saturated heterocycles. The molecule has 3 aliphatic rings. The van der Waals surface area contributed by atoms with Gasteiger partial charge in [-0.15, -0.1) is 0 Å². The van der Waals surface area contributed by atoms with Gasteiger partial charge < -0.3 is 4.43 Å². The van der Waals surface area contributed by atoms with Gasteiger partial charge in [-0.3, -0.25) is 0 Å². The summed E-state index contributed by atoms with van der Waals surface area (Å²) in [6, 6.07) is 0. The largest absolute Gasteiger partial charge is 0.547 e. The summed E-state index contributed by atoms with van der Waals surface area (Å²) < 4.78 is 6.34. The first-order chi connectivity index (χ1) is 7.47. The summed E-state index contributed by atoms with van der Waals surface area (Å²) >= 11 is 0. The molecule has 0 radical (unpaired) electrons. The van der Waals surface area contributed by atoms with Gasteiger partial charge >= 0.3 is 0 Å². The van der Waals surface area contributed by atoms with E-state index in [2.05, 4.69) is 38.7 Å². The first-order valence-corrected chi connectivity index (χ1v) is 9.94. The van der Waals surface area contributed by atoms with E-state index in [-0.39, 0.29) is 0 Å². The molecule has 0 aromatic heterocycles. The number of hydrogen-bond donors (Lipinski definition) is 0. The highest BCUT2D eigenvalue weighted by molar-refractivity contribution is 6.70. The van der Waals surface area contributed by atoms with Gasteiger partial charge in [-0.2, -0.15) is 0 Å². The van der Waals surface area contributed by atoms with Crippen LogP contribution in [-0.4, -0.2) is 8.32 Å². The molecule has 1 saturated carbocycles. The SMILES string of the molecule is CC1=C(O[Si](C)(C)C)[C@@H]2C[C@H]1[C@H]1C=CC[C@H]12. The van der Waals surface area contributed by atoms with E-state index in [0.717, 1.165) is 23.7 Å². The summed E-state index contributed by atoms with van der Waals surface area (Å²) in [7, 11) is -1.42. The Kier molecular flexibility index (Phi) is 2.16. The van der Waals surface area contributed by atoms with E-state index in [1.54, 1.807) is 5.57 Å². The summed E-state index contributed by atoms with van der Waals surface area (Å²) in [5.41, 5.74) is 1.57. The average molecular weight is 234 g/mol. The maximum atomic E-state index is 6.34. The lowest BCUT2D eigenvalue weighted by Crippen LogP contribution is -2.30. The molecular weight excluding hydrogens is 212 g/mol. The highest BCUT2D eigenvalue weighted by Gasteiger charge is 2.52. The molecule has 3 rings (SSSR count). The third-order valence-corrected chi connectivity index (χ3v) is 5.28. The summed E-state index contributed by atoms with van der Waals surface area (Å²) in [5.74, 6) is 4.67. The normalized spacial score (nSPS) is 40.8. The van der Waals surface area contributed by atoms with Gasteiger partial charge in [0.2, 0.25) is 8.32 Å². The monoisotopic (exact) mass is 234 g/mol. The Balaban J connectivity index is 1.89. The molecule has 0 spiro atoms. The molecule has 0 amide bonds. The maximum Gasteiger partial charge on any atom is 0.241 e. The average Bonchev–Trinajstić information content (AvgIpc) is 2.75. The van der Waals surface area contributed by atoms with Gasteiger partial charge in [-0.25, -0.2) is 0 Å². The molecule has 0 heterocycles. The van der Waals surface area contributed by atoms with Crippen molar-refractivity contribution in [3.63, 3.8) is 0 Å². The smallest absolute Gasteiger partial charge is 0.241 e. The van der Waals surface area contributed by atoms with E-state index in [9.17, 15) is 0 Å². The Morgan fingerprint density at radius 3 is 2.69 bits per heavy atom. The van der Waals surface area contributed by atoms with Gasteiger partial charge in [-0.05, 0) is 62.7 Å². The van der Waals surface area contributed by atoms with Crippen LogP contribution in [0.25, 0.3) is 0 Å². The van der Waals surface area contributed by atoms with Crippen molar-refractivity contribution in [3.8, 4) is 0 Å². The van der Waals surface area contributed by atoms with Crippen molar-refractivity contribution in [1.29, 1.82) is 0 Å². The fraction of sp³-hybridized carbons (Fsp3) is 0.714. The van der Waals surface area contributed by atoms with Crippen LogP contribution in [0.3, 0.4) is 0 Å². The predicted molar refractivity (Wildman–Crippen MR) is 69.5 cm³/mol. The van der Waals surface area contributed by atoms with Crippen LogP contribution in [0, 0.1) is 23.7 Å².